The summed E-state index contributed by atoms with van der Waals surface area (Å²) in [7, 11) is 0. The van der Waals surface area contributed by atoms with Crippen LogP contribution in [0.5, 0.6) is 0 Å². The van der Waals surface area contributed by atoms with Crippen LogP contribution < -0.4 is 12.1 Å². The fourth-order valence-electron chi connectivity index (χ4n) is 4.15. The Morgan fingerprint density at radius 3 is 1.17 bits per heavy atom. The number of anilines is 3. The summed E-state index contributed by atoms with van der Waals surface area (Å²) in [6, 6.07) is 23.4. The van der Waals surface area contributed by atoms with E-state index in [-0.39, 0.29) is 0 Å². The van der Waals surface area contributed by atoms with E-state index in [9.17, 15) is 0 Å². The predicted molar refractivity (Wildman–Crippen MR) is 141 cm³/mol. The Bertz CT molecular complexity index is 940. The summed E-state index contributed by atoms with van der Waals surface area (Å²) < 4.78 is 3.14. The van der Waals surface area contributed by atoms with E-state index in [2.05, 4.69) is 116 Å². The van der Waals surface area contributed by atoms with Crippen LogP contribution in [-0.2, 0) is 0 Å². The van der Waals surface area contributed by atoms with Gasteiger partial charge in [-0.25, -0.2) is 0 Å². The quantitative estimate of drug-likeness (QED) is 0.276. The van der Waals surface area contributed by atoms with Crippen LogP contribution in [0.2, 0.25) is 29.6 Å². The zero-order valence-corrected chi connectivity index (χ0v) is 25.9. The summed E-state index contributed by atoms with van der Waals surface area (Å²) in [6.07, 6.45) is 0. The fourth-order valence-corrected chi connectivity index (χ4v) is 10.8. The van der Waals surface area contributed by atoms with Crippen LogP contribution in [0, 0.1) is 20.8 Å². The first-order valence-corrected chi connectivity index (χ1v) is 30.9. The van der Waals surface area contributed by atoms with Crippen LogP contribution in [0.4, 0.5) is 17.1 Å². The van der Waals surface area contributed by atoms with E-state index >= 15 is 0 Å². The third-order valence-corrected chi connectivity index (χ3v) is 17.6. The molecule has 0 fully saturated rings. The SMILES string of the molecule is Cc1cc(C)c(N(c2cc[c]([Sn]([CH3])([CH3])[CH3])cc2)c2cc[c]([Sn]([CH3])([CH3])[CH3])cc2)c(C)c1. The standard InChI is InChI=1S/C21H19N.6CH3.2Sn/c1-16-14-17(2)21(18(3)15-16)22(19-10-6-4-7-11-19)20-12-8-5-9-13-20;;;;;;;;/h6-15H,1-3H3;6*1H3;;. The topological polar surface area (TPSA) is 3.24 Å². The van der Waals surface area contributed by atoms with Crippen LogP contribution in [0.25, 0.3) is 0 Å². The Hall–Kier alpha value is -0.943. The predicted octanol–water partition coefficient (Wildman–Crippen LogP) is 7.17. The number of rotatable bonds is 5. The van der Waals surface area contributed by atoms with Gasteiger partial charge in [0.05, 0.1) is 0 Å². The van der Waals surface area contributed by atoms with E-state index in [1.807, 2.05) is 0 Å². The van der Waals surface area contributed by atoms with Crippen molar-refractivity contribution in [2.75, 3.05) is 4.90 Å². The van der Waals surface area contributed by atoms with Gasteiger partial charge in [-0.2, -0.15) is 0 Å². The van der Waals surface area contributed by atoms with Crippen molar-refractivity contribution in [3.8, 4) is 0 Å². The van der Waals surface area contributed by atoms with Gasteiger partial charge in [0.1, 0.15) is 0 Å². The number of nitrogens with zero attached hydrogens (tertiary/aromatic N) is 1. The molecule has 0 bridgehead atoms. The van der Waals surface area contributed by atoms with Crippen molar-refractivity contribution in [1.29, 1.82) is 0 Å². The first kappa shape index (κ1) is 23.7. The molecular formula is C27H37NSn2. The normalized spacial score (nSPS) is 12.2. The number of benzene rings is 3. The molecule has 0 heterocycles. The zero-order chi connectivity index (χ0) is 22.3. The minimum absolute atomic E-state index is 1.25. The number of hydrogen-bond acceptors (Lipinski definition) is 1. The van der Waals surface area contributed by atoms with Crippen molar-refractivity contribution in [3.05, 3.63) is 77.4 Å². The van der Waals surface area contributed by atoms with E-state index in [1.165, 1.54) is 33.8 Å². The minimum atomic E-state index is -2.07. The van der Waals surface area contributed by atoms with Gasteiger partial charge in [-0.05, 0) is 0 Å². The van der Waals surface area contributed by atoms with Crippen molar-refractivity contribution >= 4 is 61.0 Å². The van der Waals surface area contributed by atoms with Gasteiger partial charge < -0.3 is 0 Å². The molecule has 1 nitrogen and oxygen atoms in total. The molecule has 0 radical (unpaired) electrons. The second-order valence-corrected chi connectivity index (χ2v) is 39.7. The Balaban J connectivity index is 2.18. The van der Waals surface area contributed by atoms with E-state index in [0.717, 1.165) is 0 Å². The molecule has 0 amide bonds. The van der Waals surface area contributed by atoms with Gasteiger partial charge in [0.2, 0.25) is 0 Å². The molecule has 3 aromatic rings. The second-order valence-electron chi connectivity index (χ2n) is 10.7. The Kier molecular flexibility index (Phi) is 7.03. The molecule has 3 aromatic carbocycles. The van der Waals surface area contributed by atoms with E-state index in [1.54, 1.807) is 7.16 Å². The molecule has 3 heteroatoms. The fraction of sp³-hybridized carbons (Fsp3) is 0.333. The summed E-state index contributed by atoms with van der Waals surface area (Å²) in [5.41, 5.74) is 7.77. The van der Waals surface area contributed by atoms with Crippen LogP contribution in [0.3, 0.4) is 0 Å². The third-order valence-electron chi connectivity index (χ3n) is 5.84. The van der Waals surface area contributed by atoms with E-state index in [4.69, 9.17) is 0 Å². The zero-order valence-electron chi connectivity index (χ0n) is 20.2. The molecule has 0 unspecified atom stereocenters. The van der Waals surface area contributed by atoms with E-state index < -0.39 is 36.8 Å². The number of aryl methyl sites for hydroxylation is 3. The average molecular weight is 613 g/mol. The van der Waals surface area contributed by atoms with Crippen molar-refractivity contribution in [1.82, 2.24) is 0 Å². The van der Waals surface area contributed by atoms with Crippen molar-refractivity contribution in [3.63, 3.8) is 0 Å². The Labute approximate surface area is 192 Å². The van der Waals surface area contributed by atoms with Crippen LogP contribution in [-0.4, -0.2) is 36.8 Å². The number of hydrogen-bond donors (Lipinski definition) is 0. The molecule has 3 rings (SSSR count). The summed E-state index contributed by atoms with van der Waals surface area (Å²) >= 11 is -4.15. The molecule has 0 saturated heterocycles. The van der Waals surface area contributed by atoms with Gasteiger partial charge >= 0.3 is 194 Å². The maximum atomic E-state index is 2.48. The monoisotopic (exact) mass is 615 g/mol. The first-order chi connectivity index (χ1) is 13.9. The van der Waals surface area contributed by atoms with Crippen LogP contribution in [0.15, 0.2) is 60.7 Å². The van der Waals surface area contributed by atoms with Gasteiger partial charge in [0, 0.05) is 0 Å². The summed E-state index contributed by atoms with van der Waals surface area (Å²) in [5, 5.41) is 0. The van der Waals surface area contributed by atoms with Crippen molar-refractivity contribution in [2.45, 2.75) is 50.4 Å². The molecule has 0 aliphatic heterocycles. The maximum absolute atomic E-state index is 2.48. The molecule has 158 valence electrons. The Morgan fingerprint density at radius 2 is 0.867 bits per heavy atom. The molecule has 0 N–H and O–H groups in total. The average Bonchev–Trinajstić information content (AvgIpc) is 2.63. The van der Waals surface area contributed by atoms with Gasteiger partial charge in [-0.3, -0.25) is 0 Å². The van der Waals surface area contributed by atoms with Crippen LogP contribution >= 0.6 is 0 Å². The van der Waals surface area contributed by atoms with Gasteiger partial charge in [0.25, 0.3) is 0 Å². The van der Waals surface area contributed by atoms with Gasteiger partial charge in [-0.1, -0.05) is 0 Å². The first-order valence-electron chi connectivity index (χ1n) is 11.0. The molecular weight excluding hydrogens is 576 g/mol. The molecule has 0 saturated carbocycles. The van der Waals surface area contributed by atoms with Gasteiger partial charge in [-0.15, -0.1) is 0 Å². The molecule has 0 aliphatic rings. The molecule has 0 spiro atoms. The van der Waals surface area contributed by atoms with Crippen LogP contribution in [0.1, 0.15) is 16.7 Å². The summed E-state index contributed by atoms with van der Waals surface area (Å²) in [5.74, 6) is 0. The van der Waals surface area contributed by atoms with Crippen molar-refractivity contribution < 1.29 is 0 Å². The summed E-state index contributed by atoms with van der Waals surface area (Å²) in [4.78, 5) is 17.3. The molecule has 0 aliphatic carbocycles. The second kappa shape index (κ2) is 8.89. The Morgan fingerprint density at radius 1 is 0.533 bits per heavy atom. The molecule has 30 heavy (non-hydrogen) atoms. The van der Waals surface area contributed by atoms with E-state index in [0.29, 0.717) is 0 Å². The molecule has 0 aromatic heterocycles. The summed E-state index contributed by atoms with van der Waals surface area (Å²) in [6.45, 7) is 6.66. The molecule has 0 atom stereocenters. The van der Waals surface area contributed by atoms with Crippen molar-refractivity contribution in [2.24, 2.45) is 0 Å². The third kappa shape index (κ3) is 5.27. The van der Waals surface area contributed by atoms with Gasteiger partial charge in [0.15, 0.2) is 0 Å².